The van der Waals surface area contributed by atoms with E-state index in [2.05, 4.69) is 42.1 Å². The van der Waals surface area contributed by atoms with Crippen LogP contribution in [-0.2, 0) is 0 Å². The molecule has 2 N–H and O–H groups in total. The number of alkyl halides is 1. The van der Waals surface area contributed by atoms with Gasteiger partial charge in [-0.1, -0.05) is 15.9 Å². The molecule has 116 valence electrons. The van der Waals surface area contributed by atoms with Crippen molar-refractivity contribution in [3.63, 3.8) is 0 Å². The van der Waals surface area contributed by atoms with Gasteiger partial charge in [0.2, 0.25) is 0 Å². The highest BCUT2D eigenvalue weighted by Crippen LogP contribution is 2.39. The number of halogens is 5. The topological polar surface area (TPSA) is 35.5 Å². The van der Waals surface area contributed by atoms with Gasteiger partial charge in [0, 0.05) is 36.2 Å². The van der Waals surface area contributed by atoms with Crippen LogP contribution in [0.4, 0.5) is 4.39 Å². The van der Waals surface area contributed by atoms with E-state index in [0.717, 1.165) is 30.7 Å². The smallest absolute Gasteiger partial charge is 0.135 e. The second-order valence-corrected chi connectivity index (χ2v) is 5.96. The van der Waals surface area contributed by atoms with Gasteiger partial charge in [0.25, 0.3) is 0 Å². The van der Waals surface area contributed by atoms with Crippen LogP contribution in [0.3, 0.4) is 0 Å². The molecule has 0 unspecified atom stereocenters. The Labute approximate surface area is 147 Å². The third-order valence-corrected chi connectivity index (χ3v) is 4.52. The van der Waals surface area contributed by atoms with Crippen molar-refractivity contribution < 1.29 is 9.50 Å². The lowest BCUT2D eigenvalue weighted by molar-refractivity contribution is 0.144. The number of phenolic OH excluding ortho intramolecular Hbond substituents is 1. The van der Waals surface area contributed by atoms with Crippen molar-refractivity contribution in [2.75, 3.05) is 32.9 Å². The number of rotatable bonds is 3. The van der Waals surface area contributed by atoms with E-state index in [0.29, 0.717) is 10.0 Å². The number of hydrogen-bond donors (Lipinski definition) is 2. The molecule has 1 atom stereocenters. The van der Waals surface area contributed by atoms with Crippen molar-refractivity contribution in [2.24, 2.45) is 0 Å². The van der Waals surface area contributed by atoms with Crippen LogP contribution in [-0.4, -0.2) is 42.9 Å². The third kappa shape index (κ3) is 4.45. The van der Waals surface area contributed by atoms with Crippen LogP contribution in [0, 0.1) is 0 Å². The van der Waals surface area contributed by atoms with Crippen LogP contribution in [0.2, 0.25) is 0 Å². The van der Waals surface area contributed by atoms with Gasteiger partial charge >= 0.3 is 0 Å². The molecule has 0 amide bonds. The average Bonchev–Trinajstić information content (AvgIpc) is 2.40. The number of aromatic hydroxyl groups is 1. The van der Waals surface area contributed by atoms with Crippen LogP contribution in [0.25, 0.3) is 0 Å². The molecule has 1 fully saturated rings. The molecule has 1 aliphatic heterocycles. The molecular weight excluding hydrogens is 438 g/mol. The predicted molar refractivity (Wildman–Crippen MR) is 91.2 cm³/mol. The molecule has 1 heterocycles. The van der Waals surface area contributed by atoms with E-state index >= 15 is 0 Å². The number of benzene rings is 1. The monoisotopic (exact) mass is 452 g/mol. The number of nitrogens with zero attached hydrogens (tertiary/aromatic N) is 1. The Hall–Kier alpha value is 0.410. The Morgan fingerprint density at radius 2 is 1.75 bits per heavy atom. The fourth-order valence-electron chi connectivity index (χ4n) is 2.22. The summed E-state index contributed by atoms with van der Waals surface area (Å²) in [4.78, 5) is 2.06. The summed E-state index contributed by atoms with van der Waals surface area (Å²) in [5.74, 6) is 0.116. The van der Waals surface area contributed by atoms with Crippen molar-refractivity contribution in [3.05, 3.63) is 26.6 Å². The number of nitrogens with one attached hydrogen (secondary N) is 1. The normalized spacial score (nSPS) is 16.9. The van der Waals surface area contributed by atoms with E-state index in [4.69, 9.17) is 0 Å². The second-order valence-electron chi connectivity index (χ2n) is 4.25. The minimum atomic E-state index is -0.511. The predicted octanol–water partition coefficient (Wildman–Crippen LogP) is 3.68. The molecule has 0 aliphatic carbocycles. The fourth-order valence-corrected chi connectivity index (χ4v) is 3.15. The Balaban J connectivity index is 0.00000180. The molecule has 8 heteroatoms. The molecule has 1 saturated heterocycles. The molecule has 1 aromatic rings. The van der Waals surface area contributed by atoms with Gasteiger partial charge in [-0.05, 0) is 28.1 Å². The molecule has 1 aromatic carbocycles. The highest BCUT2D eigenvalue weighted by molar-refractivity contribution is 9.11. The summed E-state index contributed by atoms with van der Waals surface area (Å²) in [6.45, 7) is 2.76. The van der Waals surface area contributed by atoms with Crippen LogP contribution >= 0.6 is 56.7 Å². The van der Waals surface area contributed by atoms with Gasteiger partial charge in [0.15, 0.2) is 0 Å². The first-order valence-corrected chi connectivity index (χ1v) is 7.41. The summed E-state index contributed by atoms with van der Waals surface area (Å²) in [6.07, 6.45) is 0. The molecular formula is C12H17Br2Cl2FN2O. The first-order chi connectivity index (χ1) is 8.65. The Bertz CT molecular complexity index is 434. The zero-order valence-electron chi connectivity index (χ0n) is 10.6. The van der Waals surface area contributed by atoms with Gasteiger partial charge in [-0.2, -0.15) is 0 Å². The van der Waals surface area contributed by atoms with E-state index in [9.17, 15) is 9.50 Å². The van der Waals surface area contributed by atoms with Gasteiger partial charge in [-0.3, -0.25) is 4.90 Å². The molecule has 0 aromatic heterocycles. The van der Waals surface area contributed by atoms with Gasteiger partial charge < -0.3 is 10.4 Å². The maximum absolute atomic E-state index is 13.4. The molecule has 20 heavy (non-hydrogen) atoms. The largest absolute Gasteiger partial charge is 0.506 e. The molecule has 0 spiro atoms. The average molecular weight is 455 g/mol. The molecule has 2 rings (SSSR count). The van der Waals surface area contributed by atoms with Crippen molar-refractivity contribution >= 4 is 56.7 Å². The van der Waals surface area contributed by atoms with E-state index in [1.807, 2.05) is 6.07 Å². The van der Waals surface area contributed by atoms with Gasteiger partial charge in [0.1, 0.15) is 12.4 Å². The summed E-state index contributed by atoms with van der Waals surface area (Å²) in [5.41, 5.74) is 0.619. The Kier molecular flexibility index (Phi) is 9.63. The fraction of sp³-hybridized carbons (Fsp3) is 0.500. The Morgan fingerprint density at radius 3 is 2.30 bits per heavy atom. The number of hydrogen-bond acceptors (Lipinski definition) is 3. The molecule has 3 nitrogen and oxygen atoms in total. The molecule has 0 bridgehead atoms. The summed E-state index contributed by atoms with van der Waals surface area (Å²) < 4.78 is 14.7. The van der Waals surface area contributed by atoms with E-state index in [1.165, 1.54) is 0 Å². The summed E-state index contributed by atoms with van der Waals surface area (Å²) in [6, 6.07) is 3.17. The lowest BCUT2D eigenvalue weighted by atomic mass is 10.0. The minimum absolute atomic E-state index is 0. The van der Waals surface area contributed by atoms with Crippen molar-refractivity contribution in [3.8, 4) is 5.75 Å². The van der Waals surface area contributed by atoms with E-state index in [1.54, 1.807) is 6.07 Å². The van der Waals surface area contributed by atoms with Crippen LogP contribution in [0.1, 0.15) is 11.6 Å². The summed E-state index contributed by atoms with van der Waals surface area (Å²) in [5, 5.41) is 13.4. The highest BCUT2D eigenvalue weighted by atomic mass is 79.9. The van der Waals surface area contributed by atoms with Crippen LogP contribution in [0.5, 0.6) is 5.75 Å². The van der Waals surface area contributed by atoms with Gasteiger partial charge in [0.05, 0.1) is 10.5 Å². The maximum atomic E-state index is 13.4. The lowest BCUT2D eigenvalue weighted by Gasteiger charge is -2.34. The first kappa shape index (κ1) is 20.4. The zero-order chi connectivity index (χ0) is 13.1. The summed E-state index contributed by atoms with van der Waals surface area (Å²) >= 11 is 6.68. The van der Waals surface area contributed by atoms with Crippen molar-refractivity contribution in [1.29, 1.82) is 0 Å². The lowest BCUT2D eigenvalue weighted by Crippen LogP contribution is -2.45. The Morgan fingerprint density at radius 1 is 1.20 bits per heavy atom. The van der Waals surface area contributed by atoms with Crippen LogP contribution < -0.4 is 5.32 Å². The molecule has 1 aliphatic rings. The maximum Gasteiger partial charge on any atom is 0.135 e. The van der Waals surface area contributed by atoms with Crippen LogP contribution in [0.15, 0.2) is 21.1 Å². The molecule has 0 radical (unpaired) electrons. The van der Waals surface area contributed by atoms with Gasteiger partial charge in [-0.15, -0.1) is 24.8 Å². The summed E-state index contributed by atoms with van der Waals surface area (Å²) in [7, 11) is 0. The highest BCUT2D eigenvalue weighted by Gasteiger charge is 2.27. The quantitative estimate of drug-likeness (QED) is 0.731. The SMILES string of the molecule is Cl.Cl.Oc1c(Br)ccc(Br)c1[C@@H](CF)N1CCNCC1. The number of phenols is 1. The van der Waals surface area contributed by atoms with E-state index in [-0.39, 0.29) is 30.6 Å². The standard InChI is InChI=1S/C12H15Br2FN2O.2ClH/c13-8-1-2-9(14)12(18)11(8)10(7-15)17-5-3-16-4-6-17;;/h1-2,10,16,18H,3-7H2;2*1H/t10-;;/m1../s1. The van der Waals surface area contributed by atoms with Crippen molar-refractivity contribution in [1.82, 2.24) is 10.2 Å². The third-order valence-electron chi connectivity index (χ3n) is 3.19. The minimum Gasteiger partial charge on any atom is -0.506 e. The second kappa shape index (κ2) is 9.43. The number of piperazine rings is 1. The first-order valence-electron chi connectivity index (χ1n) is 5.82. The van der Waals surface area contributed by atoms with Gasteiger partial charge in [-0.25, -0.2) is 4.39 Å². The molecule has 0 saturated carbocycles. The van der Waals surface area contributed by atoms with E-state index < -0.39 is 12.7 Å². The van der Waals surface area contributed by atoms with Crippen molar-refractivity contribution in [2.45, 2.75) is 6.04 Å². The zero-order valence-corrected chi connectivity index (χ0v) is 15.4.